The van der Waals surface area contributed by atoms with Gasteiger partial charge in [-0.05, 0) is 43.5 Å². The first-order chi connectivity index (χ1) is 14.1. The zero-order valence-corrected chi connectivity index (χ0v) is 16.7. The number of rotatable bonds is 3. The number of nitrogens with two attached hydrogens (primary N) is 2. The van der Waals surface area contributed by atoms with Gasteiger partial charge in [-0.25, -0.2) is 4.98 Å². The lowest BCUT2D eigenvalue weighted by atomic mass is 9.79. The molecule has 4 N–H and O–H groups in total. The summed E-state index contributed by atoms with van der Waals surface area (Å²) in [4.78, 5) is 16.3. The lowest BCUT2D eigenvalue weighted by Crippen LogP contribution is -2.39. The normalized spacial score (nSPS) is 21.6. The second kappa shape index (κ2) is 7.35. The highest BCUT2D eigenvalue weighted by atomic mass is 15.2. The molecule has 5 rings (SSSR count). The van der Waals surface area contributed by atoms with Gasteiger partial charge >= 0.3 is 0 Å². The summed E-state index contributed by atoms with van der Waals surface area (Å²) in [6.45, 7) is 1.77. The second-order valence-electron chi connectivity index (χ2n) is 8.57. The molecule has 0 bridgehead atoms. The van der Waals surface area contributed by atoms with Crippen molar-refractivity contribution in [1.29, 1.82) is 0 Å². The van der Waals surface area contributed by atoms with E-state index in [9.17, 15) is 0 Å². The lowest BCUT2D eigenvalue weighted by molar-refractivity contribution is 0.295. The van der Waals surface area contributed by atoms with Crippen LogP contribution in [-0.2, 0) is 5.54 Å². The number of hydrogen-bond acceptors (Lipinski definition) is 6. The van der Waals surface area contributed by atoms with E-state index in [-0.39, 0.29) is 11.6 Å². The Morgan fingerprint density at radius 1 is 1.07 bits per heavy atom. The predicted octanol–water partition coefficient (Wildman–Crippen LogP) is 3.35. The Hall–Kier alpha value is -2.57. The fourth-order valence-electron chi connectivity index (χ4n) is 4.75. The molecule has 1 saturated carbocycles. The Morgan fingerprint density at radius 3 is 2.72 bits per heavy atom. The van der Waals surface area contributed by atoms with Gasteiger partial charge in [0, 0.05) is 54.1 Å². The van der Waals surface area contributed by atoms with E-state index < -0.39 is 0 Å². The van der Waals surface area contributed by atoms with E-state index in [1.807, 2.05) is 30.7 Å². The maximum atomic E-state index is 6.75. The summed E-state index contributed by atoms with van der Waals surface area (Å²) in [7, 11) is 0. The molecular formula is C23H28N6. The smallest absolute Gasteiger partial charge is 0.137 e. The number of fused-ring (bicyclic) bond motifs is 1. The van der Waals surface area contributed by atoms with Gasteiger partial charge in [-0.2, -0.15) is 0 Å². The highest BCUT2D eigenvalue weighted by molar-refractivity contribution is 5.94. The summed E-state index contributed by atoms with van der Waals surface area (Å²) in [5, 5.41) is 2.21. The molecule has 1 unspecified atom stereocenters. The molecule has 6 heteroatoms. The van der Waals surface area contributed by atoms with Gasteiger partial charge in [-0.3, -0.25) is 9.97 Å². The van der Waals surface area contributed by atoms with Gasteiger partial charge in [0.2, 0.25) is 0 Å². The first-order valence-corrected chi connectivity index (χ1v) is 10.6. The van der Waals surface area contributed by atoms with Gasteiger partial charge in [0.05, 0.1) is 16.9 Å². The van der Waals surface area contributed by atoms with Crippen molar-refractivity contribution >= 4 is 16.6 Å². The second-order valence-corrected chi connectivity index (χ2v) is 8.57. The van der Waals surface area contributed by atoms with Crippen LogP contribution >= 0.6 is 0 Å². The van der Waals surface area contributed by atoms with Crippen molar-refractivity contribution < 1.29 is 0 Å². The van der Waals surface area contributed by atoms with Gasteiger partial charge < -0.3 is 16.4 Å². The molecule has 1 saturated heterocycles. The fraction of sp³-hybridized carbons (Fsp3) is 0.435. The highest BCUT2D eigenvalue weighted by Crippen LogP contribution is 2.36. The van der Waals surface area contributed by atoms with Crippen LogP contribution in [0.4, 0.5) is 5.82 Å². The van der Waals surface area contributed by atoms with Gasteiger partial charge in [0.15, 0.2) is 0 Å². The lowest BCUT2D eigenvalue weighted by Gasteiger charge is -2.33. The van der Waals surface area contributed by atoms with Crippen LogP contribution in [0, 0.1) is 0 Å². The maximum absolute atomic E-state index is 6.75. The average Bonchev–Trinajstić information content (AvgIpc) is 3.20. The third-order valence-corrected chi connectivity index (χ3v) is 6.45. The molecule has 29 heavy (non-hydrogen) atoms. The predicted molar refractivity (Wildman–Crippen MR) is 117 cm³/mol. The summed E-state index contributed by atoms with van der Waals surface area (Å²) in [6.07, 6.45) is 12.2. The Kier molecular flexibility index (Phi) is 4.68. The molecule has 3 aromatic rings. The number of aromatic nitrogens is 3. The van der Waals surface area contributed by atoms with Crippen molar-refractivity contribution in [3.05, 3.63) is 48.5 Å². The van der Waals surface area contributed by atoms with Crippen molar-refractivity contribution in [2.24, 2.45) is 11.5 Å². The molecule has 2 fully saturated rings. The van der Waals surface area contributed by atoms with E-state index in [1.54, 1.807) is 0 Å². The first-order valence-electron chi connectivity index (χ1n) is 10.6. The molecule has 1 atom stereocenters. The van der Waals surface area contributed by atoms with E-state index in [1.165, 1.54) is 19.3 Å². The molecule has 2 aliphatic rings. The molecule has 0 aromatic carbocycles. The Bertz CT molecular complexity index is 1030. The monoisotopic (exact) mass is 388 g/mol. The number of hydrogen-bond donors (Lipinski definition) is 2. The molecule has 0 radical (unpaired) electrons. The third kappa shape index (κ3) is 3.47. The minimum Gasteiger partial charge on any atom is -0.354 e. The van der Waals surface area contributed by atoms with Gasteiger partial charge in [-0.15, -0.1) is 0 Å². The molecule has 6 nitrogen and oxygen atoms in total. The van der Waals surface area contributed by atoms with Crippen LogP contribution < -0.4 is 16.4 Å². The van der Waals surface area contributed by atoms with Crippen molar-refractivity contribution in [3.8, 4) is 11.3 Å². The quantitative estimate of drug-likeness (QED) is 0.715. The Balaban J connectivity index is 1.59. The van der Waals surface area contributed by atoms with Crippen LogP contribution in [0.3, 0.4) is 0 Å². The number of pyridine rings is 3. The van der Waals surface area contributed by atoms with Crippen LogP contribution in [0.5, 0.6) is 0 Å². The van der Waals surface area contributed by atoms with E-state index >= 15 is 0 Å². The molecular weight excluding hydrogens is 360 g/mol. The summed E-state index contributed by atoms with van der Waals surface area (Å²) < 4.78 is 0. The van der Waals surface area contributed by atoms with Crippen LogP contribution in [0.25, 0.3) is 22.0 Å². The number of anilines is 1. The molecule has 3 aromatic heterocycles. The van der Waals surface area contributed by atoms with Crippen LogP contribution in [-0.4, -0.2) is 34.1 Å². The van der Waals surface area contributed by atoms with Crippen molar-refractivity contribution in [3.63, 3.8) is 0 Å². The van der Waals surface area contributed by atoms with Gasteiger partial charge in [-0.1, -0.05) is 19.3 Å². The fourth-order valence-corrected chi connectivity index (χ4v) is 4.75. The molecule has 150 valence electrons. The topological polar surface area (TPSA) is 94.0 Å². The average molecular weight is 389 g/mol. The Morgan fingerprint density at radius 2 is 1.93 bits per heavy atom. The highest BCUT2D eigenvalue weighted by Gasteiger charge is 2.31. The number of nitrogens with zero attached hydrogens (tertiary/aromatic N) is 4. The minimum absolute atomic E-state index is 0.202. The molecule has 1 aliphatic carbocycles. The standard InChI is InChI=1S/C23H28N6/c24-18-6-11-29(15-18)22-19-5-9-26-14-17(19)12-20(28-22)16-4-10-27-21(13-16)23(25)7-2-1-3-8-23/h4-5,9-10,12-14,18H,1-3,6-8,11,15,24-25H2. The largest absolute Gasteiger partial charge is 0.354 e. The summed E-state index contributed by atoms with van der Waals surface area (Å²) in [6, 6.07) is 8.52. The van der Waals surface area contributed by atoms with E-state index in [2.05, 4.69) is 27.0 Å². The van der Waals surface area contributed by atoms with Gasteiger partial charge in [0.25, 0.3) is 0 Å². The summed E-state index contributed by atoms with van der Waals surface area (Å²) in [5.74, 6) is 0.992. The van der Waals surface area contributed by atoms with E-state index in [0.29, 0.717) is 0 Å². The molecule has 1 aliphatic heterocycles. The van der Waals surface area contributed by atoms with E-state index in [4.69, 9.17) is 16.5 Å². The Labute approximate surface area is 171 Å². The minimum atomic E-state index is -0.322. The third-order valence-electron chi connectivity index (χ3n) is 6.45. The van der Waals surface area contributed by atoms with Crippen molar-refractivity contribution in [1.82, 2.24) is 15.0 Å². The van der Waals surface area contributed by atoms with Gasteiger partial charge in [0.1, 0.15) is 5.82 Å². The van der Waals surface area contributed by atoms with Crippen molar-refractivity contribution in [2.75, 3.05) is 18.0 Å². The molecule has 0 amide bonds. The van der Waals surface area contributed by atoms with Crippen LogP contribution in [0.1, 0.15) is 44.2 Å². The van der Waals surface area contributed by atoms with Crippen LogP contribution in [0.15, 0.2) is 42.9 Å². The SMILES string of the molecule is NC1CCN(c2nc(-c3ccnc(C4(N)CCCCC4)c3)cc3cnccc23)C1. The maximum Gasteiger partial charge on any atom is 0.137 e. The first kappa shape index (κ1) is 18.5. The zero-order valence-electron chi connectivity index (χ0n) is 16.7. The summed E-state index contributed by atoms with van der Waals surface area (Å²) in [5.41, 5.74) is 15.6. The molecule has 0 spiro atoms. The summed E-state index contributed by atoms with van der Waals surface area (Å²) >= 11 is 0. The van der Waals surface area contributed by atoms with Crippen molar-refractivity contribution in [2.45, 2.75) is 50.1 Å². The zero-order chi connectivity index (χ0) is 19.8. The van der Waals surface area contributed by atoms with E-state index in [0.717, 1.165) is 65.9 Å². The van der Waals surface area contributed by atoms with Crippen LogP contribution in [0.2, 0.25) is 0 Å². The molecule has 4 heterocycles.